The number of halogens is 2. The summed E-state index contributed by atoms with van der Waals surface area (Å²) in [6, 6.07) is 11.8. The summed E-state index contributed by atoms with van der Waals surface area (Å²) in [5.41, 5.74) is 1.45. The number of nitrogens with zero attached hydrogens (tertiary/aromatic N) is 4. The van der Waals surface area contributed by atoms with Gasteiger partial charge in [-0.1, -0.05) is 29.3 Å². The van der Waals surface area contributed by atoms with E-state index in [1.165, 1.54) is 29.7 Å². The van der Waals surface area contributed by atoms with E-state index in [-0.39, 0.29) is 18.0 Å². The maximum absolute atomic E-state index is 11.6. The number of thiophene rings is 1. The van der Waals surface area contributed by atoms with E-state index in [0.29, 0.717) is 32.0 Å². The molecule has 0 fully saturated rings. The number of hydrogen-bond donors (Lipinski definition) is 0. The highest BCUT2D eigenvalue weighted by Crippen LogP contribution is 2.37. The Morgan fingerprint density at radius 1 is 1.12 bits per heavy atom. The summed E-state index contributed by atoms with van der Waals surface area (Å²) < 4.78 is 12.2. The lowest BCUT2D eigenvalue weighted by atomic mass is 10.1. The van der Waals surface area contributed by atoms with Crippen LogP contribution in [0.1, 0.15) is 5.56 Å². The van der Waals surface area contributed by atoms with Crippen LogP contribution in [-0.2, 0) is 0 Å². The minimum absolute atomic E-state index is 0.0137. The molecule has 0 aliphatic carbocycles. The van der Waals surface area contributed by atoms with Crippen molar-refractivity contribution in [2.45, 2.75) is 0 Å². The first kappa shape index (κ1) is 21.7. The predicted molar refractivity (Wildman–Crippen MR) is 130 cm³/mol. The highest BCUT2D eigenvalue weighted by Gasteiger charge is 2.22. The number of rotatable bonds is 5. The third-order valence-electron chi connectivity index (χ3n) is 4.62. The van der Waals surface area contributed by atoms with Gasteiger partial charge in [-0.3, -0.25) is 10.1 Å². The molecule has 0 saturated heterocycles. The zero-order valence-corrected chi connectivity index (χ0v) is 19.6. The Morgan fingerprint density at radius 2 is 1.94 bits per heavy atom. The highest BCUT2D eigenvalue weighted by molar-refractivity contribution is 7.14. The number of hydrogen-bond acceptors (Lipinski definition) is 8. The van der Waals surface area contributed by atoms with Crippen LogP contribution in [-0.4, -0.2) is 22.6 Å². The molecule has 0 amide bonds. The minimum atomic E-state index is -0.486. The highest BCUT2D eigenvalue weighted by atomic mass is 35.5. The van der Waals surface area contributed by atoms with Crippen molar-refractivity contribution in [3.63, 3.8) is 0 Å². The molecule has 0 unspecified atom stereocenters. The lowest BCUT2D eigenvalue weighted by molar-refractivity contribution is -0.385. The van der Waals surface area contributed by atoms with Crippen LogP contribution in [0.15, 0.2) is 63.3 Å². The number of nitro benzene ring substituents is 1. The third kappa shape index (κ3) is 4.38. The summed E-state index contributed by atoms with van der Waals surface area (Å²) in [7, 11) is 0. The Morgan fingerprint density at radius 3 is 2.67 bits per heavy atom. The van der Waals surface area contributed by atoms with E-state index in [2.05, 4.69) is 10.1 Å². The second kappa shape index (κ2) is 8.99. The van der Waals surface area contributed by atoms with E-state index in [0.717, 1.165) is 10.6 Å². The number of thiazole rings is 1. The summed E-state index contributed by atoms with van der Waals surface area (Å²) in [6.07, 6.45) is 1.41. The van der Waals surface area contributed by atoms with Crippen LogP contribution in [0.5, 0.6) is 11.5 Å². The van der Waals surface area contributed by atoms with Gasteiger partial charge in [-0.15, -0.1) is 22.7 Å². The largest absolute Gasteiger partial charge is 0.454 e. The Hall–Kier alpha value is -3.18. The summed E-state index contributed by atoms with van der Waals surface area (Å²) in [5.74, 6) is 0.753. The molecule has 0 radical (unpaired) electrons. The number of ether oxygens (including phenoxy) is 2. The normalized spacial score (nSPS) is 13.2. The average Bonchev–Trinajstić information content (AvgIpc) is 3.54. The zero-order valence-electron chi connectivity index (χ0n) is 16.5. The average molecular weight is 519 g/mol. The molecule has 2 aromatic carbocycles. The van der Waals surface area contributed by atoms with Gasteiger partial charge < -0.3 is 9.47 Å². The lowest BCUT2D eigenvalue weighted by Crippen LogP contribution is -2.11. The van der Waals surface area contributed by atoms with Crippen LogP contribution in [0.4, 0.5) is 11.4 Å². The van der Waals surface area contributed by atoms with Crippen LogP contribution in [0, 0.1) is 10.1 Å². The second-order valence-corrected chi connectivity index (χ2v) is 9.29. The number of aromatic nitrogens is 1. The fraction of sp³-hybridized carbons (Fsp3) is 0.0476. The molecule has 33 heavy (non-hydrogen) atoms. The molecule has 12 heteroatoms. The van der Waals surface area contributed by atoms with Crippen LogP contribution in [0.2, 0.25) is 10.0 Å². The van der Waals surface area contributed by atoms with Crippen molar-refractivity contribution < 1.29 is 14.4 Å². The fourth-order valence-electron chi connectivity index (χ4n) is 3.09. The Labute approximate surface area is 204 Å². The van der Waals surface area contributed by atoms with Crippen LogP contribution < -0.4 is 14.3 Å². The number of nitro groups is 1. The SMILES string of the molecule is O=[N+]([O-])c1cc2c(cc1C=Nn1c(-c3cccs3)csc1=Nc1ccc(Cl)cc1Cl)OCO2. The van der Waals surface area contributed by atoms with Crippen molar-refractivity contribution in [3.05, 3.63) is 83.7 Å². The maximum Gasteiger partial charge on any atom is 0.282 e. The monoisotopic (exact) mass is 518 g/mol. The molecule has 0 saturated carbocycles. The van der Waals surface area contributed by atoms with Crippen LogP contribution in [0.3, 0.4) is 0 Å². The van der Waals surface area contributed by atoms with Crippen LogP contribution >= 0.6 is 45.9 Å². The molecule has 2 aromatic heterocycles. The van der Waals surface area contributed by atoms with Crippen molar-refractivity contribution in [3.8, 4) is 22.1 Å². The molecule has 4 aromatic rings. The first-order chi connectivity index (χ1) is 16.0. The second-order valence-electron chi connectivity index (χ2n) is 6.67. The third-order valence-corrected chi connectivity index (χ3v) is 6.86. The maximum atomic E-state index is 11.6. The standard InChI is InChI=1S/C21H12Cl2N4O4S2/c22-13-3-4-15(14(23)7-13)25-21-26(17(10-33-21)20-2-1-5-32-20)24-9-12-6-18-19(31-11-30-18)8-16(12)27(28)29/h1-10H,11H2. The first-order valence-electron chi connectivity index (χ1n) is 9.36. The Bertz CT molecular complexity index is 1460. The van der Waals surface area contributed by atoms with Crippen molar-refractivity contribution in [1.82, 2.24) is 4.68 Å². The Kier molecular flexibility index (Phi) is 5.90. The van der Waals surface area contributed by atoms with Gasteiger partial charge in [0.1, 0.15) is 0 Å². The van der Waals surface area contributed by atoms with E-state index in [1.54, 1.807) is 34.2 Å². The molecule has 166 valence electrons. The van der Waals surface area contributed by atoms with Crippen molar-refractivity contribution >= 4 is 63.5 Å². The van der Waals surface area contributed by atoms with Gasteiger partial charge in [0.2, 0.25) is 11.6 Å². The van der Waals surface area contributed by atoms with Gasteiger partial charge in [0.25, 0.3) is 5.69 Å². The Balaban J connectivity index is 1.65. The molecule has 0 N–H and O–H groups in total. The van der Waals surface area contributed by atoms with Crippen molar-refractivity contribution in [1.29, 1.82) is 0 Å². The molecule has 1 aliphatic heterocycles. The molecule has 0 atom stereocenters. The molecule has 5 rings (SSSR count). The van der Waals surface area contributed by atoms with E-state index in [1.807, 2.05) is 22.9 Å². The van der Waals surface area contributed by atoms with E-state index >= 15 is 0 Å². The van der Waals surface area contributed by atoms with E-state index in [4.69, 9.17) is 32.7 Å². The van der Waals surface area contributed by atoms with E-state index < -0.39 is 4.92 Å². The molecule has 3 heterocycles. The summed E-state index contributed by atoms with van der Waals surface area (Å²) >= 11 is 15.2. The van der Waals surface area contributed by atoms with Gasteiger partial charge in [0.15, 0.2) is 11.5 Å². The van der Waals surface area contributed by atoms with Crippen LogP contribution in [0.25, 0.3) is 10.6 Å². The molecule has 0 bridgehead atoms. The smallest absolute Gasteiger partial charge is 0.282 e. The first-order valence-corrected chi connectivity index (χ1v) is 11.9. The number of fused-ring (bicyclic) bond motifs is 1. The van der Waals surface area contributed by atoms with Gasteiger partial charge in [-0.05, 0) is 35.7 Å². The lowest BCUT2D eigenvalue weighted by Gasteiger charge is -2.03. The minimum Gasteiger partial charge on any atom is -0.454 e. The topological polar surface area (TPSA) is 91.2 Å². The van der Waals surface area contributed by atoms with E-state index in [9.17, 15) is 10.1 Å². The van der Waals surface area contributed by atoms with Gasteiger partial charge in [0, 0.05) is 10.4 Å². The molecule has 8 nitrogen and oxygen atoms in total. The van der Waals surface area contributed by atoms with Gasteiger partial charge in [-0.25, -0.2) is 9.67 Å². The summed E-state index contributed by atoms with van der Waals surface area (Å²) in [5, 5.41) is 20.9. The van der Waals surface area contributed by atoms with Crippen molar-refractivity contribution in [2.75, 3.05) is 6.79 Å². The molecular weight excluding hydrogens is 507 g/mol. The zero-order chi connectivity index (χ0) is 22.9. The van der Waals surface area contributed by atoms with Gasteiger partial charge in [0.05, 0.1) is 44.0 Å². The summed E-state index contributed by atoms with van der Waals surface area (Å²) in [4.78, 5) is 17.3. The fourth-order valence-corrected chi connectivity index (χ4v) is 5.18. The quantitative estimate of drug-likeness (QED) is 0.175. The molecule has 0 spiro atoms. The number of benzene rings is 2. The predicted octanol–water partition coefficient (Wildman–Crippen LogP) is 6.34. The molecular formula is C21H12Cl2N4O4S2. The molecule has 1 aliphatic rings. The van der Waals surface area contributed by atoms with Gasteiger partial charge >= 0.3 is 0 Å². The summed E-state index contributed by atoms with van der Waals surface area (Å²) in [6.45, 7) is 0.0137. The van der Waals surface area contributed by atoms with Crippen molar-refractivity contribution in [2.24, 2.45) is 10.1 Å². The van der Waals surface area contributed by atoms with Gasteiger partial charge in [-0.2, -0.15) is 5.10 Å².